The molecule has 3 rings (SSSR count). The molecule has 0 N–H and O–H groups in total. The average molecular weight is 415 g/mol. The molecular weight excluding hydrogens is 395 g/mol. The zero-order chi connectivity index (χ0) is 21.8. The minimum Gasteiger partial charge on any atom is -0.458 e. The van der Waals surface area contributed by atoms with Gasteiger partial charge in [0.2, 0.25) is 5.91 Å². The summed E-state index contributed by atoms with van der Waals surface area (Å²) in [5.41, 5.74) is 0.798. The Morgan fingerprint density at radius 2 is 1.87 bits per heavy atom. The summed E-state index contributed by atoms with van der Waals surface area (Å²) in [5, 5.41) is 0. The van der Waals surface area contributed by atoms with Crippen molar-refractivity contribution in [1.29, 1.82) is 0 Å². The van der Waals surface area contributed by atoms with Crippen LogP contribution in [0.4, 0.5) is 13.2 Å². The summed E-state index contributed by atoms with van der Waals surface area (Å²) in [6.45, 7) is 4.84. The number of esters is 1. The lowest BCUT2D eigenvalue weighted by Gasteiger charge is -2.34. The van der Waals surface area contributed by atoms with Gasteiger partial charge in [0.1, 0.15) is 24.1 Å². The lowest BCUT2D eigenvalue weighted by Crippen LogP contribution is -2.38. The molecule has 7 heteroatoms. The van der Waals surface area contributed by atoms with E-state index in [0.29, 0.717) is 0 Å². The van der Waals surface area contributed by atoms with Gasteiger partial charge in [-0.1, -0.05) is 30.9 Å². The Kier molecular flexibility index (Phi) is 6.40. The molecule has 0 aromatic heterocycles. The summed E-state index contributed by atoms with van der Waals surface area (Å²) in [5.74, 6) is -4.03. The van der Waals surface area contributed by atoms with Crippen molar-refractivity contribution in [2.24, 2.45) is 0 Å². The van der Waals surface area contributed by atoms with E-state index in [4.69, 9.17) is 4.74 Å². The fourth-order valence-corrected chi connectivity index (χ4v) is 3.59. The van der Waals surface area contributed by atoms with Gasteiger partial charge < -0.3 is 9.64 Å². The van der Waals surface area contributed by atoms with E-state index >= 15 is 0 Å². The van der Waals surface area contributed by atoms with E-state index in [1.165, 1.54) is 36.1 Å². The van der Waals surface area contributed by atoms with Crippen molar-refractivity contribution >= 4 is 11.9 Å². The predicted octanol–water partition coefficient (Wildman–Crippen LogP) is 4.62. The highest BCUT2D eigenvalue weighted by atomic mass is 19.1. The number of ether oxygens (including phenoxy) is 1. The van der Waals surface area contributed by atoms with Gasteiger partial charge in [0.15, 0.2) is 0 Å². The lowest BCUT2D eigenvalue weighted by molar-refractivity contribution is -0.139. The number of rotatable bonds is 6. The van der Waals surface area contributed by atoms with E-state index in [1.54, 1.807) is 6.07 Å². The molecule has 1 aliphatic heterocycles. The standard InChI is InChI=1S/C23H20F3NO3/c1-3-8-30-23(29)22-14(2)27(13-15-9-16(24)11-17(25)10-15)21(28)12-19(22)18-6-4-5-7-20(18)26/h3-7,9-11,19H,1,8,12-13H2,2H3. The van der Waals surface area contributed by atoms with Gasteiger partial charge in [0.05, 0.1) is 12.1 Å². The van der Waals surface area contributed by atoms with Crippen LogP contribution >= 0.6 is 0 Å². The Balaban J connectivity index is 2.06. The third-order valence-electron chi connectivity index (χ3n) is 4.92. The van der Waals surface area contributed by atoms with E-state index in [0.717, 1.165) is 18.2 Å². The molecule has 0 bridgehead atoms. The van der Waals surface area contributed by atoms with Crippen LogP contribution in [0.25, 0.3) is 0 Å². The molecule has 0 saturated heterocycles. The molecular formula is C23H20F3NO3. The maximum absolute atomic E-state index is 14.5. The van der Waals surface area contributed by atoms with Gasteiger partial charge >= 0.3 is 5.97 Å². The number of carbonyl (C=O) groups excluding carboxylic acids is 2. The fourth-order valence-electron chi connectivity index (χ4n) is 3.59. The molecule has 1 atom stereocenters. The van der Waals surface area contributed by atoms with Crippen molar-refractivity contribution in [2.45, 2.75) is 25.8 Å². The second-order valence-electron chi connectivity index (χ2n) is 6.92. The number of benzene rings is 2. The van der Waals surface area contributed by atoms with E-state index in [-0.39, 0.29) is 42.0 Å². The van der Waals surface area contributed by atoms with Crippen molar-refractivity contribution < 1.29 is 27.5 Å². The van der Waals surface area contributed by atoms with Crippen molar-refractivity contribution in [3.63, 3.8) is 0 Å². The Hall–Kier alpha value is -3.35. The number of halogens is 3. The first kappa shape index (κ1) is 21.4. The van der Waals surface area contributed by atoms with Crippen molar-refractivity contribution in [3.8, 4) is 0 Å². The van der Waals surface area contributed by atoms with Gasteiger partial charge in [-0.25, -0.2) is 18.0 Å². The zero-order valence-corrected chi connectivity index (χ0v) is 16.3. The molecule has 0 fully saturated rings. The third kappa shape index (κ3) is 4.45. The molecule has 0 aliphatic carbocycles. The molecule has 1 heterocycles. The van der Waals surface area contributed by atoms with E-state index < -0.39 is 35.2 Å². The SMILES string of the molecule is C=CCOC(=O)C1=C(C)N(Cc2cc(F)cc(F)c2)C(=O)CC1c1ccccc1F. The van der Waals surface area contributed by atoms with Crippen LogP contribution in [-0.2, 0) is 20.9 Å². The highest BCUT2D eigenvalue weighted by molar-refractivity contribution is 5.96. The van der Waals surface area contributed by atoms with Crippen LogP contribution in [0.2, 0.25) is 0 Å². The smallest absolute Gasteiger partial charge is 0.336 e. The average Bonchev–Trinajstić information content (AvgIpc) is 2.68. The Bertz CT molecular complexity index is 1010. The summed E-state index contributed by atoms with van der Waals surface area (Å²) in [7, 11) is 0. The first-order valence-corrected chi connectivity index (χ1v) is 9.30. The van der Waals surface area contributed by atoms with E-state index in [2.05, 4.69) is 6.58 Å². The monoisotopic (exact) mass is 415 g/mol. The topological polar surface area (TPSA) is 46.6 Å². The van der Waals surface area contributed by atoms with Gasteiger partial charge in [-0.2, -0.15) is 0 Å². The summed E-state index contributed by atoms with van der Waals surface area (Å²) >= 11 is 0. The van der Waals surface area contributed by atoms with Crippen LogP contribution in [0.3, 0.4) is 0 Å². The van der Waals surface area contributed by atoms with Crippen LogP contribution in [0.1, 0.15) is 30.4 Å². The molecule has 30 heavy (non-hydrogen) atoms. The summed E-state index contributed by atoms with van der Waals surface area (Å²) in [4.78, 5) is 26.9. The number of nitrogens with zero attached hydrogens (tertiary/aromatic N) is 1. The quantitative estimate of drug-likeness (QED) is 0.511. The number of amides is 1. The molecule has 0 radical (unpaired) electrons. The second kappa shape index (κ2) is 8.98. The van der Waals surface area contributed by atoms with E-state index in [1.807, 2.05) is 0 Å². The minimum absolute atomic E-state index is 0.0529. The Morgan fingerprint density at radius 1 is 1.20 bits per heavy atom. The maximum atomic E-state index is 14.5. The maximum Gasteiger partial charge on any atom is 0.336 e. The van der Waals surface area contributed by atoms with Crippen LogP contribution in [0.15, 0.2) is 66.4 Å². The minimum atomic E-state index is -0.837. The van der Waals surface area contributed by atoms with Gasteiger partial charge in [-0.15, -0.1) is 0 Å². The second-order valence-corrected chi connectivity index (χ2v) is 6.92. The summed E-state index contributed by atoms with van der Waals surface area (Å²) in [6.07, 6.45) is 1.21. The Morgan fingerprint density at radius 3 is 2.50 bits per heavy atom. The summed E-state index contributed by atoms with van der Waals surface area (Å²) in [6, 6.07) is 8.86. The van der Waals surface area contributed by atoms with Crippen LogP contribution in [0, 0.1) is 17.5 Å². The van der Waals surface area contributed by atoms with Crippen LogP contribution in [-0.4, -0.2) is 23.4 Å². The highest BCUT2D eigenvalue weighted by Crippen LogP contribution is 2.38. The summed E-state index contributed by atoms with van der Waals surface area (Å²) < 4.78 is 46.8. The third-order valence-corrected chi connectivity index (χ3v) is 4.92. The lowest BCUT2D eigenvalue weighted by atomic mass is 9.83. The van der Waals surface area contributed by atoms with E-state index in [9.17, 15) is 22.8 Å². The molecule has 0 spiro atoms. The fraction of sp³-hybridized carbons (Fsp3) is 0.217. The molecule has 2 aromatic rings. The normalized spacial score (nSPS) is 16.6. The van der Waals surface area contributed by atoms with Crippen molar-refractivity contribution in [1.82, 2.24) is 4.90 Å². The van der Waals surface area contributed by atoms with Crippen LogP contribution in [0.5, 0.6) is 0 Å². The number of hydrogen-bond acceptors (Lipinski definition) is 3. The first-order valence-electron chi connectivity index (χ1n) is 9.30. The molecule has 156 valence electrons. The van der Waals surface area contributed by atoms with Gasteiger partial charge in [-0.3, -0.25) is 4.79 Å². The molecule has 4 nitrogen and oxygen atoms in total. The largest absolute Gasteiger partial charge is 0.458 e. The molecule has 1 amide bonds. The molecule has 2 aromatic carbocycles. The zero-order valence-electron chi connectivity index (χ0n) is 16.3. The van der Waals surface area contributed by atoms with Crippen LogP contribution < -0.4 is 0 Å². The van der Waals surface area contributed by atoms with Crippen molar-refractivity contribution in [3.05, 3.63) is 95.0 Å². The van der Waals surface area contributed by atoms with Gasteiger partial charge in [0.25, 0.3) is 0 Å². The van der Waals surface area contributed by atoms with Gasteiger partial charge in [-0.05, 0) is 36.2 Å². The molecule has 0 saturated carbocycles. The highest BCUT2D eigenvalue weighted by Gasteiger charge is 2.38. The van der Waals surface area contributed by atoms with Crippen molar-refractivity contribution in [2.75, 3.05) is 6.61 Å². The predicted molar refractivity (Wildman–Crippen MR) is 105 cm³/mol. The first-order chi connectivity index (χ1) is 14.3. The molecule has 1 unspecified atom stereocenters. The Labute approximate surface area is 172 Å². The number of hydrogen-bond donors (Lipinski definition) is 0. The van der Waals surface area contributed by atoms with Gasteiger partial charge in [0, 0.05) is 24.1 Å². The molecule has 1 aliphatic rings. The number of carbonyl (C=O) groups is 2. The number of allylic oxidation sites excluding steroid dienone is 1.